The summed E-state index contributed by atoms with van der Waals surface area (Å²) in [5.74, 6) is 0.203. The van der Waals surface area contributed by atoms with Gasteiger partial charge in [0.1, 0.15) is 5.51 Å². The monoisotopic (exact) mass is 390 g/mol. The first-order valence-corrected chi connectivity index (χ1v) is 10.4. The lowest BCUT2D eigenvalue weighted by Crippen LogP contribution is -2.13. The molecule has 0 radical (unpaired) electrons. The van der Waals surface area contributed by atoms with Crippen molar-refractivity contribution in [1.29, 1.82) is 0 Å². The topological polar surface area (TPSA) is 67.8 Å². The number of carbonyl (C=O) groups excluding carboxylic acids is 1. The van der Waals surface area contributed by atoms with Crippen LogP contribution in [0.25, 0.3) is 11.3 Å². The number of benzene rings is 1. The molecular formula is C17H18N4OS3. The molecule has 0 unspecified atom stereocenters. The van der Waals surface area contributed by atoms with Crippen LogP contribution in [-0.4, -0.2) is 26.8 Å². The van der Waals surface area contributed by atoms with E-state index in [9.17, 15) is 4.79 Å². The third-order valence-electron chi connectivity index (χ3n) is 3.46. The van der Waals surface area contributed by atoms with Crippen LogP contribution < -0.4 is 5.32 Å². The molecule has 0 saturated heterocycles. The Bertz CT molecular complexity index is 836. The van der Waals surface area contributed by atoms with E-state index in [-0.39, 0.29) is 11.3 Å². The van der Waals surface area contributed by atoms with Crippen LogP contribution in [0, 0.1) is 0 Å². The maximum atomic E-state index is 12.0. The molecule has 130 valence electrons. The van der Waals surface area contributed by atoms with Gasteiger partial charge >= 0.3 is 0 Å². The minimum absolute atomic E-state index is 0.0934. The highest BCUT2D eigenvalue weighted by molar-refractivity contribution is 8.01. The molecule has 1 N–H and O–H groups in total. The van der Waals surface area contributed by atoms with Crippen molar-refractivity contribution in [2.45, 2.75) is 30.5 Å². The van der Waals surface area contributed by atoms with Crippen LogP contribution in [0.1, 0.15) is 26.3 Å². The van der Waals surface area contributed by atoms with Gasteiger partial charge in [-0.2, -0.15) is 0 Å². The van der Waals surface area contributed by atoms with Gasteiger partial charge in [0.25, 0.3) is 0 Å². The summed E-state index contributed by atoms with van der Waals surface area (Å²) in [6, 6.07) is 8.41. The van der Waals surface area contributed by atoms with Crippen molar-refractivity contribution >= 4 is 45.5 Å². The van der Waals surface area contributed by atoms with Gasteiger partial charge in [0.2, 0.25) is 5.91 Å². The number of thioether (sulfide) groups is 1. The van der Waals surface area contributed by atoms with Gasteiger partial charge in [-0.25, -0.2) is 4.98 Å². The molecular weight excluding hydrogens is 372 g/mol. The van der Waals surface area contributed by atoms with Crippen molar-refractivity contribution in [3.63, 3.8) is 0 Å². The average Bonchev–Trinajstić information content (AvgIpc) is 3.24. The van der Waals surface area contributed by atoms with Crippen molar-refractivity contribution < 1.29 is 4.79 Å². The molecule has 8 heteroatoms. The van der Waals surface area contributed by atoms with E-state index in [0.29, 0.717) is 10.9 Å². The smallest absolute Gasteiger partial charge is 0.236 e. The lowest BCUT2D eigenvalue weighted by atomic mass is 9.86. The largest absolute Gasteiger partial charge is 0.301 e. The summed E-state index contributed by atoms with van der Waals surface area (Å²) in [6.45, 7) is 6.58. The van der Waals surface area contributed by atoms with Gasteiger partial charge in [-0.1, -0.05) is 68.1 Å². The van der Waals surface area contributed by atoms with Gasteiger partial charge in [-0.15, -0.1) is 21.5 Å². The standard InChI is InChI=1S/C17H18N4OS3/c1-17(2,3)12-6-4-11(5-7-12)13-8-23-15(19-13)20-14(22)9-24-16-21-18-10-25-16/h4-8,10H,9H2,1-3H3,(H,19,20,22). The SMILES string of the molecule is CC(C)(C)c1ccc(-c2csc(NC(=O)CSc3nncs3)n2)cc1. The van der Waals surface area contributed by atoms with E-state index in [4.69, 9.17) is 0 Å². The Morgan fingerprint density at radius 1 is 1.20 bits per heavy atom. The molecule has 0 saturated carbocycles. The van der Waals surface area contributed by atoms with Crippen molar-refractivity contribution in [3.05, 3.63) is 40.7 Å². The molecule has 1 amide bonds. The Hall–Kier alpha value is -1.77. The second-order valence-electron chi connectivity index (χ2n) is 6.41. The van der Waals surface area contributed by atoms with E-state index in [1.165, 1.54) is 40.0 Å². The highest BCUT2D eigenvalue weighted by Crippen LogP contribution is 2.28. The van der Waals surface area contributed by atoms with Crippen molar-refractivity contribution in [3.8, 4) is 11.3 Å². The molecule has 0 bridgehead atoms. The molecule has 0 spiro atoms. The van der Waals surface area contributed by atoms with Crippen molar-refractivity contribution in [2.75, 3.05) is 11.1 Å². The first-order valence-electron chi connectivity index (χ1n) is 7.67. The van der Waals surface area contributed by atoms with Crippen LogP contribution >= 0.6 is 34.4 Å². The highest BCUT2D eigenvalue weighted by Gasteiger charge is 2.14. The molecule has 3 rings (SSSR count). The quantitative estimate of drug-likeness (QED) is 0.640. The summed E-state index contributed by atoms with van der Waals surface area (Å²) in [7, 11) is 0. The Kier molecular flexibility index (Phi) is 5.51. The number of carbonyl (C=O) groups is 1. The fourth-order valence-corrected chi connectivity index (χ4v) is 4.14. The number of rotatable bonds is 5. The van der Waals surface area contributed by atoms with Gasteiger partial charge in [-0.05, 0) is 11.0 Å². The molecule has 3 aromatic rings. The molecule has 2 aromatic heterocycles. The fourth-order valence-electron chi connectivity index (χ4n) is 2.11. The molecule has 0 aliphatic carbocycles. The van der Waals surface area contributed by atoms with Crippen LogP contribution in [0.15, 0.2) is 39.5 Å². The third-order valence-corrected chi connectivity index (χ3v) is 6.08. The van der Waals surface area contributed by atoms with Gasteiger partial charge in [0, 0.05) is 10.9 Å². The molecule has 2 heterocycles. The third kappa shape index (κ3) is 4.87. The lowest BCUT2D eigenvalue weighted by Gasteiger charge is -2.18. The molecule has 0 atom stereocenters. The molecule has 0 aliphatic heterocycles. The normalized spacial score (nSPS) is 11.5. The van der Waals surface area contributed by atoms with Gasteiger partial charge in [-0.3, -0.25) is 4.79 Å². The van der Waals surface area contributed by atoms with E-state index in [2.05, 4.69) is 65.5 Å². The van der Waals surface area contributed by atoms with Gasteiger partial charge in [0.05, 0.1) is 11.4 Å². The predicted octanol–water partition coefficient (Wildman–Crippen LogP) is 4.69. The summed E-state index contributed by atoms with van der Waals surface area (Å²) >= 11 is 4.22. The van der Waals surface area contributed by atoms with Crippen molar-refractivity contribution in [2.24, 2.45) is 0 Å². The van der Waals surface area contributed by atoms with E-state index in [1.807, 2.05) is 5.38 Å². The minimum atomic E-state index is -0.0934. The number of nitrogens with one attached hydrogen (secondary N) is 1. The van der Waals surface area contributed by atoms with E-state index in [0.717, 1.165) is 15.6 Å². The zero-order valence-electron chi connectivity index (χ0n) is 14.1. The first kappa shape index (κ1) is 18.0. The van der Waals surface area contributed by atoms with Crippen LogP contribution in [0.5, 0.6) is 0 Å². The summed E-state index contributed by atoms with van der Waals surface area (Å²) in [4.78, 5) is 16.5. The highest BCUT2D eigenvalue weighted by atomic mass is 32.2. The Morgan fingerprint density at radius 2 is 1.96 bits per heavy atom. The molecule has 1 aromatic carbocycles. The Morgan fingerprint density at radius 3 is 2.60 bits per heavy atom. The van der Waals surface area contributed by atoms with Crippen LogP contribution in [0.2, 0.25) is 0 Å². The van der Waals surface area contributed by atoms with Crippen molar-refractivity contribution in [1.82, 2.24) is 15.2 Å². The van der Waals surface area contributed by atoms with Crippen LogP contribution in [0.3, 0.4) is 0 Å². The number of thiazole rings is 1. The number of hydrogen-bond donors (Lipinski definition) is 1. The van der Waals surface area contributed by atoms with E-state index < -0.39 is 0 Å². The number of nitrogens with zero attached hydrogens (tertiary/aromatic N) is 3. The zero-order valence-corrected chi connectivity index (χ0v) is 16.6. The molecule has 25 heavy (non-hydrogen) atoms. The lowest BCUT2D eigenvalue weighted by molar-refractivity contribution is -0.113. The van der Waals surface area contributed by atoms with Gasteiger partial charge < -0.3 is 5.32 Å². The summed E-state index contributed by atoms with van der Waals surface area (Å²) < 4.78 is 0.786. The summed E-state index contributed by atoms with van der Waals surface area (Å²) in [6.07, 6.45) is 0. The Balaban J connectivity index is 1.61. The predicted molar refractivity (Wildman–Crippen MR) is 106 cm³/mol. The van der Waals surface area contributed by atoms with E-state index >= 15 is 0 Å². The second-order valence-corrected chi connectivity index (χ2v) is 9.32. The fraction of sp³-hybridized carbons (Fsp3) is 0.294. The zero-order chi connectivity index (χ0) is 17.9. The number of hydrogen-bond acceptors (Lipinski definition) is 7. The number of aromatic nitrogens is 3. The molecule has 0 fully saturated rings. The van der Waals surface area contributed by atoms with Crippen LogP contribution in [0.4, 0.5) is 5.13 Å². The van der Waals surface area contributed by atoms with Gasteiger partial charge in [0.15, 0.2) is 9.47 Å². The average molecular weight is 391 g/mol. The summed E-state index contributed by atoms with van der Waals surface area (Å²) in [5.41, 5.74) is 4.99. The number of anilines is 1. The minimum Gasteiger partial charge on any atom is -0.301 e. The Labute approximate surface area is 158 Å². The summed E-state index contributed by atoms with van der Waals surface area (Å²) in [5, 5.41) is 13.1. The molecule has 0 aliphatic rings. The maximum absolute atomic E-state index is 12.0. The second kappa shape index (κ2) is 7.63. The van der Waals surface area contributed by atoms with E-state index in [1.54, 1.807) is 5.51 Å². The maximum Gasteiger partial charge on any atom is 0.236 e. The first-order chi connectivity index (χ1) is 11.9. The number of amides is 1. The molecule has 5 nitrogen and oxygen atoms in total. The van der Waals surface area contributed by atoms with Crippen LogP contribution in [-0.2, 0) is 10.2 Å².